The highest BCUT2D eigenvalue weighted by Crippen LogP contribution is 2.37. The molecule has 1 aromatic rings. The van der Waals surface area contributed by atoms with E-state index in [4.69, 9.17) is 5.73 Å². The molecule has 0 saturated carbocycles. The highest BCUT2D eigenvalue weighted by Gasteiger charge is 2.43. The number of rotatable bonds is 4. The SMILES string of the molecule is CCC1(C(=O)O)CCN(c2ccc(C(N)=O)c(Br)c2)C1. The first-order valence-corrected chi connectivity index (χ1v) is 7.26. The van der Waals surface area contributed by atoms with Crippen molar-refractivity contribution >= 4 is 33.5 Å². The van der Waals surface area contributed by atoms with Crippen molar-refractivity contribution in [3.05, 3.63) is 28.2 Å². The Balaban J connectivity index is 2.25. The van der Waals surface area contributed by atoms with Gasteiger partial charge < -0.3 is 15.7 Å². The molecule has 20 heavy (non-hydrogen) atoms. The highest BCUT2D eigenvalue weighted by atomic mass is 79.9. The van der Waals surface area contributed by atoms with Crippen molar-refractivity contribution in [1.29, 1.82) is 0 Å². The molecule has 5 nitrogen and oxygen atoms in total. The number of anilines is 1. The Morgan fingerprint density at radius 1 is 1.50 bits per heavy atom. The number of carboxylic acids is 1. The number of carboxylic acid groups (broad SMARTS) is 1. The van der Waals surface area contributed by atoms with Gasteiger partial charge in [-0.05, 0) is 47.0 Å². The normalized spacial score (nSPS) is 22.0. The third kappa shape index (κ3) is 2.52. The van der Waals surface area contributed by atoms with Crippen molar-refractivity contribution in [3.63, 3.8) is 0 Å². The van der Waals surface area contributed by atoms with E-state index in [-0.39, 0.29) is 0 Å². The summed E-state index contributed by atoms with van der Waals surface area (Å²) in [5.41, 5.74) is 5.92. The number of amides is 1. The molecule has 3 N–H and O–H groups in total. The maximum atomic E-state index is 11.4. The van der Waals surface area contributed by atoms with E-state index in [1.54, 1.807) is 12.1 Å². The van der Waals surface area contributed by atoms with Crippen molar-refractivity contribution in [2.75, 3.05) is 18.0 Å². The zero-order valence-electron chi connectivity index (χ0n) is 11.2. The van der Waals surface area contributed by atoms with E-state index in [0.29, 0.717) is 36.0 Å². The number of carbonyl (C=O) groups is 2. The first-order valence-electron chi connectivity index (χ1n) is 6.47. The Kier molecular flexibility index (Phi) is 4.04. The van der Waals surface area contributed by atoms with Gasteiger partial charge >= 0.3 is 5.97 Å². The second-order valence-electron chi connectivity index (χ2n) is 5.14. The van der Waals surface area contributed by atoms with E-state index < -0.39 is 17.3 Å². The zero-order valence-corrected chi connectivity index (χ0v) is 12.8. The summed E-state index contributed by atoms with van der Waals surface area (Å²) >= 11 is 3.33. The average Bonchev–Trinajstić information content (AvgIpc) is 2.83. The van der Waals surface area contributed by atoms with Crippen molar-refractivity contribution in [1.82, 2.24) is 0 Å². The van der Waals surface area contributed by atoms with Crippen molar-refractivity contribution in [2.45, 2.75) is 19.8 Å². The maximum Gasteiger partial charge on any atom is 0.311 e. The van der Waals surface area contributed by atoms with E-state index >= 15 is 0 Å². The molecule has 1 atom stereocenters. The predicted octanol–water partition coefficient (Wildman–Crippen LogP) is 2.24. The van der Waals surface area contributed by atoms with Crippen molar-refractivity contribution < 1.29 is 14.7 Å². The summed E-state index contributed by atoms with van der Waals surface area (Å²) in [6.45, 7) is 3.09. The van der Waals surface area contributed by atoms with Gasteiger partial charge in [0.05, 0.1) is 11.0 Å². The number of nitrogens with two attached hydrogens (primary N) is 1. The quantitative estimate of drug-likeness (QED) is 0.880. The van der Waals surface area contributed by atoms with Crippen LogP contribution in [0.4, 0.5) is 5.69 Å². The summed E-state index contributed by atoms with van der Waals surface area (Å²) in [5, 5.41) is 9.40. The lowest BCUT2D eigenvalue weighted by Gasteiger charge is -2.24. The summed E-state index contributed by atoms with van der Waals surface area (Å²) in [6.07, 6.45) is 1.24. The minimum Gasteiger partial charge on any atom is -0.481 e. The van der Waals surface area contributed by atoms with E-state index in [1.165, 1.54) is 0 Å². The predicted molar refractivity (Wildman–Crippen MR) is 79.8 cm³/mol. The minimum absolute atomic E-state index is 0.424. The molecule has 0 radical (unpaired) electrons. The number of hydrogen-bond acceptors (Lipinski definition) is 3. The molecule has 1 aliphatic heterocycles. The van der Waals surface area contributed by atoms with Gasteiger partial charge in [-0.25, -0.2) is 0 Å². The molecular formula is C14H17BrN2O3. The molecule has 1 saturated heterocycles. The maximum absolute atomic E-state index is 11.4. The van der Waals surface area contributed by atoms with Gasteiger partial charge in [0.15, 0.2) is 0 Å². The molecule has 0 aromatic heterocycles. The lowest BCUT2D eigenvalue weighted by Crippen LogP contribution is -2.34. The van der Waals surface area contributed by atoms with E-state index in [9.17, 15) is 14.7 Å². The molecule has 1 aromatic carbocycles. The number of primary amides is 1. The van der Waals surface area contributed by atoms with Gasteiger partial charge in [0.25, 0.3) is 0 Å². The van der Waals surface area contributed by atoms with Crippen LogP contribution in [0.15, 0.2) is 22.7 Å². The molecule has 1 fully saturated rings. The number of hydrogen-bond donors (Lipinski definition) is 2. The number of carbonyl (C=O) groups excluding carboxylic acids is 1. The van der Waals surface area contributed by atoms with Gasteiger partial charge in [0.2, 0.25) is 5.91 Å². The Hall–Kier alpha value is -1.56. The summed E-state index contributed by atoms with van der Waals surface area (Å²) in [7, 11) is 0. The fourth-order valence-electron chi connectivity index (χ4n) is 2.61. The van der Waals surface area contributed by atoms with Gasteiger partial charge in [-0.15, -0.1) is 0 Å². The standard InChI is InChI=1S/C14H17BrN2O3/c1-2-14(13(19)20)5-6-17(8-14)9-3-4-10(12(16)18)11(15)7-9/h3-4,7H,2,5-6,8H2,1H3,(H2,16,18)(H,19,20). The highest BCUT2D eigenvalue weighted by molar-refractivity contribution is 9.10. The third-order valence-electron chi connectivity index (χ3n) is 4.07. The van der Waals surface area contributed by atoms with Gasteiger partial charge in [0, 0.05) is 23.2 Å². The summed E-state index contributed by atoms with van der Waals surface area (Å²) in [6, 6.07) is 5.28. The van der Waals surface area contributed by atoms with E-state index in [1.807, 2.05) is 17.9 Å². The Labute approximate surface area is 125 Å². The summed E-state index contributed by atoms with van der Waals surface area (Å²) in [5.74, 6) is -1.23. The monoisotopic (exact) mass is 340 g/mol. The average molecular weight is 341 g/mol. The van der Waals surface area contributed by atoms with Crippen LogP contribution in [0.5, 0.6) is 0 Å². The molecule has 1 heterocycles. The summed E-state index contributed by atoms with van der Waals surface area (Å²) < 4.78 is 0.631. The zero-order chi connectivity index (χ0) is 14.9. The van der Waals surface area contributed by atoms with Crippen LogP contribution in [-0.4, -0.2) is 30.1 Å². The molecule has 0 spiro atoms. The van der Waals surface area contributed by atoms with Crippen LogP contribution >= 0.6 is 15.9 Å². The number of aliphatic carboxylic acids is 1. The van der Waals surface area contributed by atoms with Crippen LogP contribution in [0.1, 0.15) is 30.1 Å². The molecule has 0 bridgehead atoms. The molecule has 1 unspecified atom stereocenters. The van der Waals surface area contributed by atoms with Gasteiger partial charge in [-0.1, -0.05) is 6.92 Å². The van der Waals surface area contributed by atoms with Crippen LogP contribution in [0, 0.1) is 5.41 Å². The lowest BCUT2D eigenvalue weighted by molar-refractivity contribution is -0.147. The van der Waals surface area contributed by atoms with Gasteiger partial charge in [-0.3, -0.25) is 9.59 Å². The van der Waals surface area contributed by atoms with Crippen molar-refractivity contribution in [3.8, 4) is 0 Å². The molecule has 6 heteroatoms. The number of benzene rings is 1. The lowest BCUT2D eigenvalue weighted by atomic mass is 9.84. The molecule has 1 amide bonds. The second-order valence-corrected chi connectivity index (χ2v) is 5.99. The molecular weight excluding hydrogens is 324 g/mol. The smallest absolute Gasteiger partial charge is 0.311 e. The summed E-state index contributed by atoms with van der Waals surface area (Å²) in [4.78, 5) is 24.7. The molecule has 0 aliphatic carbocycles. The largest absolute Gasteiger partial charge is 0.481 e. The fraction of sp³-hybridized carbons (Fsp3) is 0.429. The Morgan fingerprint density at radius 3 is 2.65 bits per heavy atom. The first kappa shape index (κ1) is 14.8. The van der Waals surface area contributed by atoms with Gasteiger partial charge in [0.1, 0.15) is 0 Å². The van der Waals surface area contributed by atoms with Crippen molar-refractivity contribution in [2.24, 2.45) is 11.1 Å². The number of nitrogens with zero attached hydrogens (tertiary/aromatic N) is 1. The Morgan fingerprint density at radius 2 is 2.20 bits per heavy atom. The molecule has 2 rings (SSSR count). The van der Waals surface area contributed by atoms with Crippen LogP contribution in [0.2, 0.25) is 0 Å². The van der Waals surface area contributed by atoms with Crippen LogP contribution in [0.25, 0.3) is 0 Å². The third-order valence-corrected chi connectivity index (χ3v) is 4.72. The second kappa shape index (κ2) is 5.44. The fourth-order valence-corrected chi connectivity index (χ4v) is 3.17. The van der Waals surface area contributed by atoms with E-state index in [0.717, 1.165) is 5.69 Å². The van der Waals surface area contributed by atoms with Crippen LogP contribution in [-0.2, 0) is 4.79 Å². The number of halogens is 1. The minimum atomic E-state index is -0.740. The van der Waals surface area contributed by atoms with Crippen LogP contribution in [0.3, 0.4) is 0 Å². The molecule has 1 aliphatic rings. The molecule has 108 valence electrons. The van der Waals surface area contributed by atoms with E-state index in [2.05, 4.69) is 15.9 Å². The first-order chi connectivity index (χ1) is 9.39. The topological polar surface area (TPSA) is 83.6 Å². The van der Waals surface area contributed by atoms with Gasteiger partial charge in [-0.2, -0.15) is 0 Å². The van der Waals surface area contributed by atoms with Crippen LogP contribution < -0.4 is 10.6 Å². The Bertz CT molecular complexity index is 561.